The first kappa shape index (κ1) is 15.0. The van der Waals surface area contributed by atoms with E-state index in [1.54, 1.807) is 0 Å². The van der Waals surface area contributed by atoms with Crippen LogP contribution < -0.4 is 10.6 Å². The zero-order valence-corrected chi connectivity index (χ0v) is 12.6. The average molecular weight is 274 g/mol. The predicted octanol–water partition coefficient (Wildman–Crippen LogP) is 2.89. The van der Waals surface area contributed by atoms with Crippen molar-refractivity contribution in [2.75, 3.05) is 13.1 Å². The second-order valence-electron chi connectivity index (χ2n) is 5.66. The predicted molar refractivity (Wildman–Crippen MR) is 82.4 cm³/mol. The molecule has 3 nitrogen and oxygen atoms in total. The molecular weight excluding hydrogens is 248 g/mol. The van der Waals surface area contributed by atoms with E-state index in [1.807, 2.05) is 18.2 Å². The summed E-state index contributed by atoms with van der Waals surface area (Å²) in [6, 6.07) is 10.5. The van der Waals surface area contributed by atoms with Gasteiger partial charge in [0.25, 0.3) is 0 Å². The van der Waals surface area contributed by atoms with Crippen molar-refractivity contribution in [2.24, 2.45) is 11.8 Å². The molecule has 0 aromatic heterocycles. The van der Waals surface area contributed by atoms with E-state index in [4.69, 9.17) is 0 Å². The summed E-state index contributed by atoms with van der Waals surface area (Å²) < 4.78 is 0. The molecule has 0 saturated carbocycles. The van der Waals surface area contributed by atoms with E-state index in [2.05, 4.69) is 36.6 Å². The minimum absolute atomic E-state index is 0.135. The Morgan fingerprint density at radius 3 is 2.55 bits per heavy atom. The molecule has 1 aliphatic rings. The fourth-order valence-electron chi connectivity index (χ4n) is 3.04. The number of carbonyl (C=O) groups excluding carboxylic acids is 1. The summed E-state index contributed by atoms with van der Waals surface area (Å²) in [5, 5.41) is 6.56. The van der Waals surface area contributed by atoms with Crippen LogP contribution in [0.15, 0.2) is 30.3 Å². The highest BCUT2D eigenvalue weighted by atomic mass is 16.2. The van der Waals surface area contributed by atoms with Crippen LogP contribution >= 0.6 is 0 Å². The molecule has 0 spiro atoms. The molecule has 3 heteroatoms. The van der Waals surface area contributed by atoms with Crippen LogP contribution in [0.5, 0.6) is 0 Å². The number of carbonyl (C=O) groups is 1. The van der Waals surface area contributed by atoms with Gasteiger partial charge in [0, 0.05) is 6.54 Å². The van der Waals surface area contributed by atoms with Gasteiger partial charge in [-0.3, -0.25) is 4.79 Å². The molecule has 20 heavy (non-hydrogen) atoms. The molecule has 1 aliphatic heterocycles. The quantitative estimate of drug-likeness (QED) is 0.837. The number of hydrogen-bond acceptors (Lipinski definition) is 2. The highest BCUT2D eigenvalue weighted by Crippen LogP contribution is 2.28. The van der Waals surface area contributed by atoms with Gasteiger partial charge in [-0.1, -0.05) is 57.0 Å². The molecule has 2 atom stereocenters. The smallest absolute Gasteiger partial charge is 0.224 e. The summed E-state index contributed by atoms with van der Waals surface area (Å²) in [6.07, 6.45) is 3.12. The third-order valence-corrected chi connectivity index (χ3v) is 4.41. The Bertz CT molecular complexity index is 408. The molecule has 2 rings (SSSR count). The van der Waals surface area contributed by atoms with E-state index in [0.717, 1.165) is 32.4 Å². The Kier molecular flexibility index (Phi) is 5.60. The van der Waals surface area contributed by atoms with Crippen molar-refractivity contribution in [2.45, 2.75) is 39.2 Å². The SMILES string of the molecule is CCC(CC)C(NC(=O)C1CCNC1)c1ccccc1. The van der Waals surface area contributed by atoms with E-state index in [1.165, 1.54) is 5.56 Å². The zero-order chi connectivity index (χ0) is 14.4. The monoisotopic (exact) mass is 274 g/mol. The normalized spacial score (nSPS) is 20.1. The highest BCUT2D eigenvalue weighted by Gasteiger charge is 2.27. The van der Waals surface area contributed by atoms with Gasteiger partial charge in [-0.2, -0.15) is 0 Å². The maximum Gasteiger partial charge on any atom is 0.224 e. The van der Waals surface area contributed by atoms with Crippen LogP contribution in [0.1, 0.15) is 44.7 Å². The molecule has 1 aromatic carbocycles. The van der Waals surface area contributed by atoms with Crippen LogP contribution in [0.3, 0.4) is 0 Å². The summed E-state index contributed by atoms with van der Waals surface area (Å²) in [6.45, 7) is 6.18. The summed E-state index contributed by atoms with van der Waals surface area (Å²) in [4.78, 5) is 12.4. The lowest BCUT2D eigenvalue weighted by Gasteiger charge is -2.28. The molecule has 1 heterocycles. The van der Waals surface area contributed by atoms with E-state index in [0.29, 0.717) is 5.92 Å². The molecular formula is C17H26N2O. The Morgan fingerprint density at radius 1 is 1.30 bits per heavy atom. The summed E-state index contributed by atoms with van der Waals surface area (Å²) in [5.41, 5.74) is 1.22. The van der Waals surface area contributed by atoms with Gasteiger partial charge >= 0.3 is 0 Å². The first-order valence-electron chi connectivity index (χ1n) is 7.82. The van der Waals surface area contributed by atoms with Crippen molar-refractivity contribution in [3.63, 3.8) is 0 Å². The van der Waals surface area contributed by atoms with Crippen LogP contribution in [0.4, 0.5) is 0 Å². The zero-order valence-electron chi connectivity index (χ0n) is 12.6. The minimum Gasteiger partial charge on any atom is -0.349 e. The van der Waals surface area contributed by atoms with Gasteiger partial charge in [0.2, 0.25) is 5.91 Å². The van der Waals surface area contributed by atoms with Crippen molar-refractivity contribution in [1.29, 1.82) is 0 Å². The van der Waals surface area contributed by atoms with Gasteiger partial charge < -0.3 is 10.6 Å². The first-order valence-corrected chi connectivity index (χ1v) is 7.82. The minimum atomic E-state index is 0.135. The fourth-order valence-corrected chi connectivity index (χ4v) is 3.04. The molecule has 1 saturated heterocycles. The average Bonchev–Trinajstić information content (AvgIpc) is 3.02. The van der Waals surface area contributed by atoms with E-state index < -0.39 is 0 Å². The standard InChI is InChI=1S/C17H26N2O/c1-3-13(4-2)16(14-8-6-5-7-9-14)19-17(20)15-10-11-18-12-15/h5-9,13,15-16,18H,3-4,10-12H2,1-2H3,(H,19,20). The lowest BCUT2D eigenvalue weighted by atomic mass is 9.88. The molecule has 0 radical (unpaired) electrons. The van der Waals surface area contributed by atoms with Crippen molar-refractivity contribution < 1.29 is 4.79 Å². The van der Waals surface area contributed by atoms with E-state index in [9.17, 15) is 4.79 Å². The van der Waals surface area contributed by atoms with Gasteiger partial charge in [-0.25, -0.2) is 0 Å². The lowest BCUT2D eigenvalue weighted by Crippen LogP contribution is -2.38. The topological polar surface area (TPSA) is 41.1 Å². The largest absolute Gasteiger partial charge is 0.349 e. The molecule has 1 fully saturated rings. The first-order chi connectivity index (χ1) is 9.76. The molecule has 2 N–H and O–H groups in total. The number of hydrogen-bond donors (Lipinski definition) is 2. The van der Waals surface area contributed by atoms with Gasteiger partial charge in [0.15, 0.2) is 0 Å². The van der Waals surface area contributed by atoms with E-state index in [-0.39, 0.29) is 17.9 Å². The van der Waals surface area contributed by atoms with Crippen LogP contribution in [0.2, 0.25) is 0 Å². The Hall–Kier alpha value is -1.35. The Balaban J connectivity index is 2.12. The number of amides is 1. The maximum absolute atomic E-state index is 12.4. The van der Waals surface area contributed by atoms with Crippen molar-refractivity contribution in [3.8, 4) is 0 Å². The second-order valence-corrected chi connectivity index (χ2v) is 5.66. The van der Waals surface area contributed by atoms with Crippen molar-refractivity contribution >= 4 is 5.91 Å². The third-order valence-electron chi connectivity index (χ3n) is 4.41. The van der Waals surface area contributed by atoms with E-state index >= 15 is 0 Å². The highest BCUT2D eigenvalue weighted by molar-refractivity contribution is 5.79. The van der Waals surface area contributed by atoms with Gasteiger partial charge in [-0.15, -0.1) is 0 Å². The lowest BCUT2D eigenvalue weighted by molar-refractivity contribution is -0.125. The number of benzene rings is 1. The van der Waals surface area contributed by atoms with Gasteiger partial charge in [-0.05, 0) is 24.4 Å². The van der Waals surface area contributed by atoms with Gasteiger partial charge in [0.05, 0.1) is 12.0 Å². The molecule has 0 bridgehead atoms. The van der Waals surface area contributed by atoms with Crippen molar-refractivity contribution in [3.05, 3.63) is 35.9 Å². The fraction of sp³-hybridized carbons (Fsp3) is 0.588. The molecule has 2 unspecified atom stereocenters. The summed E-state index contributed by atoms with van der Waals surface area (Å²) >= 11 is 0. The van der Waals surface area contributed by atoms with Crippen molar-refractivity contribution in [1.82, 2.24) is 10.6 Å². The van der Waals surface area contributed by atoms with Crippen LogP contribution in [-0.4, -0.2) is 19.0 Å². The third kappa shape index (κ3) is 3.60. The molecule has 1 amide bonds. The van der Waals surface area contributed by atoms with Crippen LogP contribution in [0, 0.1) is 11.8 Å². The molecule has 1 aromatic rings. The molecule has 0 aliphatic carbocycles. The number of nitrogens with one attached hydrogen (secondary N) is 2. The Morgan fingerprint density at radius 2 is 2.00 bits per heavy atom. The number of rotatable bonds is 6. The molecule has 110 valence electrons. The summed E-state index contributed by atoms with van der Waals surface area (Å²) in [5.74, 6) is 0.835. The van der Waals surface area contributed by atoms with Crippen LogP contribution in [-0.2, 0) is 4.79 Å². The summed E-state index contributed by atoms with van der Waals surface area (Å²) in [7, 11) is 0. The Labute approximate surface area is 122 Å². The van der Waals surface area contributed by atoms with Crippen LogP contribution in [0.25, 0.3) is 0 Å². The van der Waals surface area contributed by atoms with Gasteiger partial charge in [0.1, 0.15) is 0 Å². The maximum atomic E-state index is 12.4. The second kappa shape index (κ2) is 7.44.